The van der Waals surface area contributed by atoms with Crippen LogP contribution < -0.4 is 10.1 Å². The molecule has 0 aliphatic rings. The largest absolute Gasteiger partial charge is 0.497 e. The van der Waals surface area contributed by atoms with E-state index in [1.807, 2.05) is 59.3 Å². The third kappa shape index (κ3) is 3.84. The van der Waals surface area contributed by atoms with Crippen LogP contribution in [0.25, 0.3) is 21.8 Å². The average Bonchev–Trinajstić information content (AvgIpc) is 3.33. The van der Waals surface area contributed by atoms with Gasteiger partial charge in [-0.3, -0.25) is 4.79 Å². The fourth-order valence-electron chi connectivity index (χ4n) is 3.71. The Kier molecular flexibility index (Phi) is 5.53. The van der Waals surface area contributed by atoms with Gasteiger partial charge in [0.15, 0.2) is 0 Å². The minimum atomic E-state index is -0.0743. The van der Waals surface area contributed by atoms with Crippen LogP contribution in [0, 0.1) is 0 Å². The second-order valence-corrected chi connectivity index (χ2v) is 6.96. The Hall–Kier alpha value is -3.25. The van der Waals surface area contributed by atoms with Crippen LogP contribution in [0.3, 0.4) is 0 Å². The number of nitrogens with zero attached hydrogens (tertiary/aromatic N) is 1. The van der Waals surface area contributed by atoms with E-state index in [0.29, 0.717) is 25.4 Å². The number of para-hydroxylation sites is 1. The number of H-pyrrole nitrogens is 1. The van der Waals surface area contributed by atoms with E-state index in [0.717, 1.165) is 39.5 Å². The molecule has 0 fully saturated rings. The van der Waals surface area contributed by atoms with Crippen LogP contribution in [0.4, 0.5) is 0 Å². The molecule has 0 saturated carbocycles. The van der Waals surface area contributed by atoms with Crippen molar-refractivity contribution < 1.29 is 14.3 Å². The summed E-state index contributed by atoms with van der Waals surface area (Å²) in [5.74, 6) is 0.750. The van der Waals surface area contributed by atoms with E-state index in [1.165, 1.54) is 0 Å². The lowest BCUT2D eigenvalue weighted by atomic mass is 10.1. The van der Waals surface area contributed by atoms with Gasteiger partial charge in [-0.1, -0.05) is 18.2 Å². The molecule has 150 valence electrons. The van der Waals surface area contributed by atoms with Crippen LogP contribution in [0.5, 0.6) is 5.75 Å². The summed E-state index contributed by atoms with van der Waals surface area (Å²) >= 11 is 0. The van der Waals surface area contributed by atoms with E-state index in [4.69, 9.17) is 9.47 Å². The number of carbonyl (C=O) groups is 1. The Morgan fingerprint density at radius 1 is 1.14 bits per heavy atom. The number of fused-ring (bicyclic) bond motifs is 2. The third-order valence-corrected chi connectivity index (χ3v) is 5.22. The highest BCUT2D eigenvalue weighted by Crippen LogP contribution is 2.24. The van der Waals surface area contributed by atoms with E-state index in [9.17, 15) is 4.79 Å². The number of carbonyl (C=O) groups excluding carboxylic acids is 1. The lowest BCUT2D eigenvalue weighted by molar-refractivity contribution is 0.0942. The van der Waals surface area contributed by atoms with Gasteiger partial charge >= 0.3 is 0 Å². The van der Waals surface area contributed by atoms with Crippen LogP contribution in [0.1, 0.15) is 16.1 Å². The summed E-state index contributed by atoms with van der Waals surface area (Å²) in [5.41, 5.74) is 3.91. The number of ether oxygens (including phenoxy) is 2. The zero-order chi connectivity index (χ0) is 20.2. The molecular weight excluding hydrogens is 366 g/mol. The molecule has 6 nitrogen and oxygen atoms in total. The van der Waals surface area contributed by atoms with Crippen LogP contribution in [0.15, 0.2) is 54.7 Å². The fraction of sp³-hybridized carbons (Fsp3) is 0.261. The Labute approximate surface area is 169 Å². The summed E-state index contributed by atoms with van der Waals surface area (Å²) in [7, 11) is 3.33. The Bertz CT molecular complexity index is 1140. The predicted octanol–water partition coefficient (Wildman–Crippen LogP) is 3.75. The highest BCUT2D eigenvalue weighted by Gasteiger charge is 2.15. The molecule has 0 spiro atoms. The smallest absolute Gasteiger partial charge is 0.267 e. The molecule has 4 rings (SSSR count). The molecule has 1 amide bonds. The van der Waals surface area contributed by atoms with E-state index < -0.39 is 0 Å². The average molecular weight is 391 g/mol. The van der Waals surface area contributed by atoms with Crippen molar-refractivity contribution in [3.05, 3.63) is 66.0 Å². The topological polar surface area (TPSA) is 68.3 Å². The van der Waals surface area contributed by atoms with Gasteiger partial charge in [-0.05, 0) is 42.3 Å². The van der Waals surface area contributed by atoms with Gasteiger partial charge in [0.1, 0.15) is 11.4 Å². The Balaban J connectivity index is 1.49. The second-order valence-electron chi connectivity index (χ2n) is 6.96. The van der Waals surface area contributed by atoms with Crippen molar-refractivity contribution >= 4 is 27.7 Å². The standard InChI is InChI=1S/C23H25N3O3/c1-28-12-11-26-21-6-4-3-5-16(21)13-22(26)23(27)24-10-9-17-15-25-20-8-7-18(29-2)14-19(17)20/h3-8,13-15,25H,9-12H2,1-2H3,(H,24,27). The van der Waals surface area contributed by atoms with Gasteiger partial charge in [-0.15, -0.1) is 0 Å². The number of methoxy groups -OCH3 is 2. The quantitative estimate of drug-likeness (QED) is 0.481. The Morgan fingerprint density at radius 2 is 2.00 bits per heavy atom. The van der Waals surface area contributed by atoms with Crippen molar-refractivity contribution in [3.63, 3.8) is 0 Å². The summed E-state index contributed by atoms with van der Waals surface area (Å²) < 4.78 is 12.6. The molecule has 29 heavy (non-hydrogen) atoms. The van der Waals surface area contributed by atoms with E-state index in [2.05, 4.69) is 10.3 Å². The maximum atomic E-state index is 12.9. The Morgan fingerprint density at radius 3 is 2.83 bits per heavy atom. The number of aromatic nitrogens is 2. The first-order valence-electron chi connectivity index (χ1n) is 9.70. The van der Waals surface area contributed by atoms with Crippen LogP contribution in [0.2, 0.25) is 0 Å². The van der Waals surface area contributed by atoms with Gasteiger partial charge < -0.3 is 24.3 Å². The maximum Gasteiger partial charge on any atom is 0.267 e. The van der Waals surface area contributed by atoms with Crippen molar-refractivity contribution in [1.82, 2.24) is 14.9 Å². The number of benzene rings is 2. The number of hydrogen-bond acceptors (Lipinski definition) is 3. The van der Waals surface area contributed by atoms with Crippen LogP contribution in [-0.2, 0) is 17.7 Å². The predicted molar refractivity (Wildman–Crippen MR) is 115 cm³/mol. The molecule has 2 heterocycles. The van der Waals surface area contributed by atoms with Gasteiger partial charge in [-0.25, -0.2) is 0 Å². The second kappa shape index (κ2) is 8.41. The molecule has 2 N–H and O–H groups in total. The first kappa shape index (κ1) is 19.1. The van der Waals surface area contributed by atoms with Crippen molar-refractivity contribution in [2.75, 3.05) is 27.4 Å². The SMILES string of the molecule is COCCn1c(C(=O)NCCc2c[nH]c3ccc(OC)cc23)cc2ccccc21. The van der Waals surface area contributed by atoms with Crippen LogP contribution in [-0.4, -0.2) is 42.8 Å². The van der Waals surface area contributed by atoms with Gasteiger partial charge in [0, 0.05) is 48.2 Å². The summed E-state index contributed by atoms with van der Waals surface area (Å²) in [6.45, 7) is 1.74. The number of nitrogens with one attached hydrogen (secondary N) is 2. The van der Waals surface area contributed by atoms with E-state index in [-0.39, 0.29) is 5.91 Å². The van der Waals surface area contributed by atoms with E-state index >= 15 is 0 Å². The summed E-state index contributed by atoms with van der Waals surface area (Å²) in [4.78, 5) is 16.2. The zero-order valence-corrected chi connectivity index (χ0v) is 16.7. The molecule has 0 atom stereocenters. The fourth-order valence-corrected chi connectivity index (χ4v) is 3.71. The molecule has 0 bridgehead atoms. The molecule has 0 aliphatic carbocycles. The van der Waals surface area contributed by atoms with Crippen molar-refractivity contribution in [3.8, 4) is 5.75 Å². The number of hydrogen-bond donors (Lipinski definition) is 2. The normalized spacial score (nSPS) is 11.2. The molecule has 0 radical (unpaired) electrons. The molecule has 0 aliphatic heterocycles. The highest BCUT2D eigenvalue weighted by molar-refractivity contribution is 5.98. The minimum Gasteiger partial charge on any atom is -0.497 e. The van der Waals surface area contributed by atoms with Gasteiger partial charge in [-0.2, -0.15) is 0 Å². The molecule has 0 saturated heterocycles. The van der Waals surface area contributed by atoms with Crippen molar-refractivity contribution in [2.24, 2.45) is 0 Å². The summed E-state index contributed by atoms with van der Waals surface area (Å²) in [6.07, 6.45) is 2.73. The first-order valence-corrected chi connectivity index (χ1v) is 9.70. The summed E-state index contributed by atoms with van der Waals surface area (Å²) in [6, 6.07) is 15.9. The third-order valence-electron chi connectivity index (χ3n) is 5.22. The summed E-state index contributed by atoms with van der Waals surface area (Å²) in [5, 5.41) is 5.23. The first-order chi connectivity index (χ1) is 14.2. The number of rotatable bonds is 8. The highest BCUT2D eigenvalue weighted by atomic mass is 16.5. The lowest BCUT2D eigenvalue weighted by Gasteiger charge is -2.11. The minimum absolute atomic E-state index is 0.0743. The van der Waals surface area contributed by atoms with Gasteiger partial charge in [0.05, 0.1) is 13.7 Å². The molecule has 4 aromatic rings. The molecule has 6 heteroatoms. The maximum absolute atomic E-state index is 12.9. The van der Waals surface area contributed by atoms with Crippen molar-refractivity contribution in [2.45, 2.75) is 13.0 Å². The zero-order valence-electron chi connectivity index (χ0n) is 16.7. The molecule has 2 aromatic carbocycles. The van der Waals surface area contributed by atoms with Gasteiger partial charge in [0.25, 0.3) is 5.91 Å². The van der Waals surface area contributed by atoms with Gasteiger partial charge in [0.2, 0.25) is 0 Å². The van der Waals surface area contributed by atoms with Crippen LogP contribution >= 0.6 is 0 Å². The number of aromatic amines is 1. The van der Waals surface area contributed by atoms with E-state index in [1.54, 1.807) is 14.2 Å². The monoisotopic (exact) mass is 391 g/mol. The van der Waals surface area contributed by atoms with Crippen molar-refractivity contribution in [1.29, 1.82) is 0 Å². The molecular formula is C23H25N3O3. The lowest BCUT2D eigenvalue weighted by Crippen LogP contribution is -2.28. The molecule has 0 unspecified atom stereocenters. The molecule has 2 aromatic heterocycles. The number of amides is 1.